The van der Waals surface area contributed by atoms with E-state index in [-0.39, 0.29) is 36.1 Å². The molecule has 1 unspecified atom stereocenters. The Morgan fingerprint density at radius 3 is 2.59 bits per heavy atom. The summed E-state index contributed by atoms with van der Waals surface area (Å²) < 4.78 is 18.3. The zero-order valence-corrected chi connectivity index (χ0v) is 17.5. The standard InChI is InChI=1S/C21H30FN3O3.ClH/c22-18-4-1-17(2-5-18)14-24-20(26)6-3-16-7-10-25(11-8-16)21(27)13-19-15-28-12-9-23-19;/h1-2,4-5,16,19,23H,3,6-15H2,(H,24,26);1H. The highest BCUT2D eigenvalue weighted by Gasteiger charge is 2.25. The number of amides is 2. The number of nitrogens with zero attached hydrogens (tertiary/aromatic N) is 1. The van der Waals surface area contributed by atoms with Gasteiger partial charge in [-0.2, -0.15) is 0 Å². The van der Waals surface area contributed by atoms with Crippen molar-refractivity contribution in [1.29, 1.82) is 0 Å². The van der Waals surface area contributed by atoms with Gasteiger partial charge in [-0.15, -0.1) is 12.4 Å². The molecule has 2 amide bonds. The molecular weight excluding hydrogens is 397 g/mol. The van der Waals surface area contributed by atoms with Crippen molar-refractivity contribution in [1.82, 2.24) is 15.5 Å². The first-order chi connectivity index (χ1) is 13.6. The van der Waals surface area contributed by atoms with E-state index >= 15 is 0 Å². The van der Waals surface area contributed by atoms with Gasteiger partial charge in [0.1, 0.15) is 5.82 Å². The number of carbonyl (C=O) groups excluding carboxylic acids is 2. The Morgan fingerprint density at radius 1 is 1.21 bits per heavy atom. The van der Waals surface area contributed by atoms with E-state index in [0.717, 1.165) is 44.5 Å². The minimum atomic E-state index is -0.275. The lowest BCUT2D eigenvalue weighted by Gasteiger charge is -2.33. The van der Waals surface area contributed by atoms with Crippen LogP contribution in [0.15, 0.2) is 24.3 Å². The van der Waals surface area contributed by atoms with Crippen molar-refractivity contribution >= 4 is 24.2 Å². The molecule has 0 spiro atoms. The second kappa shape index (κ2) is 12.1. The van der Waals surface area contributed by atoms with E-state index in [2.05, 4.69) is 10.6 Å². The number of halogens is 2. The van der Waals surface area contributed by atoms with Crippen LogP contribution in [0.3, 0.4) is 0 Å². The van der Waals surface area contributed by atoms with Crippen LogP contribution >= 0.6 is 12.4 Å². The SMILES string of the molecule is Cl.O=C(CCC1CCN(C(=O)CC2COCCN2)CC1)NCc1ccc(F)cc1. The van der Waals surface area contributed by atoms with Crippen LogP contribution in [0.5, 0.6) is 0 Å². The molecule has 6 nitrogen and oxygen atoms in total. The third-order valence-corrected chi connectivity index (χ3v) is 5.57. The van der Waals surface area contributed by atoms with Crippen molar-refractivity contribution in [2.45, 2.75) is 44.7 Å². The van der Waals surface area contributed by atoms with Crippen molar-refractivity contribution in [3.8, 4) is 0 Å². The largest absolute Gasteiger partial charge is 0.378 e. The molecule has 2 N–H and O–H groups in total. The van der Waals surface area contributed by atoms with Crippen LogP contribution in [0, 0.1) is 11.7 Å². The van der Waals surface area contributed by atoms with Gasteiger partial charge in [0, 0.05) is 45.1 Å². The molecule has 2 aliphatic heterocycles. The van der Waals surface area contributed by atoms with E-state index < -0.39 is 0 Å². The van der Waals surface area contributed by atoms with Gasteiger partial charge in [-0.1, -0.05) is 12.1 Å². The van der Waals surface area contributed by atoms with Crippen LogP contribution in [0.4, 0.5) is 4.39 Å². The van der Waals surface area contributed by atoms with Crippen LogP contribution in [0.1, 0.15) is 37.7 Å². The molecule has 2 fully saturated rings. The maximum absolute atomic E-state index is 12.9. The molecule has 0 saturated carbocycles. The summed E-state index contributed by atoms with van der Waals surface area (Å²) in [5, 5.41) is 6.21. The number of piperidine rings is 1. The molecule has 0 radical (unpaired) electrons. The molecule has 0 aromatic heterocycles. The average Bonchev–Trinajstić information content (AvgIpc) is 2.73. The number of hydrogen-bond acceptors (Lipinski definition) is 4. The summed E-state index contributed by atoms with van der Waals surface area (Å²) >= 11 is 0. The van der Waals surface area contributed by atoms with Crippen molar-refractivity contribution in [3.05, 3.63) is 35.6 Å². The Kier molecular flexibility index (Phi) is 9.84. The lowest BCUT2D eigenvalue weighted by molar-refractivity contribution is -0.134. The van der Waals surface area contributed by atoms with Gasteiger partial charge in [-0.05, 0) is 42.9 Å². The molecule has 3 rings (SSSR count). The molecule has 29 heavy (non-hydrogen) atoms. The van der Waals surface area contributed by atoms with Crippen molar-refractivity contribution < 1.29 is 18.7 Å². The molecular formula is C21H31ClFN3O3. The lowest BCUT2D eigenvalue weighted by Crippen LogP contribution is -2.46. The van der Waals surface area contributed by atoms with Gasteiger partial charge in [-0.25, -0.2) is 4.39 Å². The Labute approximate surface area is 178 Å². The van der Waals surface area contributed by atoms with Gasteiger partial charge in [0.05, 0.1) is 13.2 Å². The predicted molar refractivity (Wildman–Crippen MR) is 111 cm³/mol. The quantitative estimate of drug-likeness (QED) is 0.700. The summed E-state index contributed by atoms with van der Waals surface area (Å²) in [4.78, 5) is 26.4. The third-order valence-electron chi connectivity index (χ3n) is 5.57. The van der Waals surface area contributed by atoms with E-state index in [1.807, 2.05) is 4.90 Å². The zero-order chi connectivity index (χ0) is 19.8. The molecule has 1 aromatic carbocycles. The second-order valence-corrected chi connectivity index (χ2v) is 7.70. The summed E-state index contributed by atoms with van der Waals surface area (Å²) in [5.41, 5.74) is 0.888. The third kappa shape index (κ3) is 7.91. The number of rotatable bonds is 7. The Morgan fingerprint density at radius 2 is 1.93 bits per heavy atom. The fraction of sp³-hybridized carbons (Fsp3) is 0.619. The van der Waals surface area contributed by atoms with E-state index in [1.54, 1.807) is 12.1 Å². The monoisotopic (exact) mass is 427 g/mol. The van der Waals surface area contributed by atoms with Gasteiger partial charge >= 0.3 is 0 Å². The van der Waals surface area contributed by atoms with Crippen LogP contribution in [-0.2, 0) is 20.9 Å². The number of likely N-dealkylation sites (tertiary alicyclic amines) is 1. The predicted octanol–water partition coefficient (Wildman–Crippen LogP) is 2.26. The van der Waals surface area contributed by atoms with Gasteiger partial charge < -0.3 is 20.3 Å². The van der Waals surface area contributed by atoms with Crippen molar-refractivity contribution in [3.63, 3.8) is 0 Å². The first-order valence-corrected chi connectivity index (χ1v) is 10.2. The van der Waals surface area contributed by atoms with Gasteiger partial charge in [0.2, 0.25) is 11.8 Å². The average molecular weight is 428 g/mol. The summed E-state index contributed by atoms with van der Waals surface area (Å²) in [7, 11) is 0. The Balaban J connectivity index is 0.00000300. The fourth-order valence-electron chi connectivity index (χ4n) is 3.79. The number of ether oxygens (including phenoxy) is 1. The summed E-state index contributed by atoms with van der Waals surface area (Å²) in [6.07, 6.45) is 3.73. The highest BCUT2D eigenvalue weighted by molar-refractivity contribution is 5.85. The van der Waals surface area contributed by atoms with E-state index in [1.165, 1.54) is 12.1 Å². The first-order valence-electron chi connectivity index (χ1n) is 10.2. The molecule has 162 valence electrons. The maximum Gasteiger partial charge on any atom is 0.224 e. The van der Waals surface area contributed by atoms with E-state index in [9.17, 15) is 14.0 Å². The molecule has 2 saturated heterocycles. The van der Waals surface area contributed by atoms with Crippen molar-refractivity contribution in [2.75, 3.05) is 32.8 Å². The highest BCUT2D eigenvalue weighted by atomic mass is 35.5. The minimum absolute atomic E-state index is 0. The normalized spacial score (nSPS) is 20.0. The molecule has 0 aliphatic carbocycles. The Bertz CT molecular complexity index is 645. The molecule has 0 bridgehead atoms. The lowest BCUT2D eigenvalue weighted by atomic mass is 9.91. The van der Waals surface area contributed by atoms with E-state index in [0.29, 0.717) is 38.5 Å². The van der Waals surface area contributed by atoms with E-state index in [4.69, 9.17) is 4.74 Å². The number of morpholine rings is 1. The summed E-state index contributed by atoms with van der Waals surface area (Å²) in [6.45, 7) is 4.10. The summed E-state index contributed by atoms with van der Waals surface area (Å²) in [5.74, 6) is 0.421. The molecule has 1 atom stereocenters. The molecule has 1 aromatic rings. The number of benzene rings is 1. The number of nitrogens with one attached hydrogen (secondary N) is 2. The highest BCUT2D eigenvalue weighted by Crippen LogP contribution is 2.22. The van der Waals surface area contributed by atoms with Crippen LogP contribution in [-0.4, -0.2) is 55.6 Å². The molecule has 2 aliphatic rings. The summed E-state index contributed by atoms with van der Waals surface area (Å²) in [6, 6.07) is 6.28. The zero-order valence-electron chi connectivity index (χ0n) is 16.7. The smallest absolute Gasteiger partial charge is 0.224 e. The Hall–Kier alpha value is -1.70. The van der Waals surface area contributed by atoms with Crippen LogP contribution < -0.4 is 10.6 Å². The first kappa shape index (κ1) is 23.6. The van der Waals surface area contributed by atoms with Crippen LogP contribution in [0.2, 0.25) is 0 Å². The number of carbonyl (C=O) groups is 2. The number of hydrogen-bond donors (Lipinski definition) is 2. The van der Waals surface area contributed by atoms with Gasteiger partial charge in [-0.3, -0.25) is 9.59 Å². The van der Waals surface area contributed by atoms with Crippen LogP contribution in [0.25, 0.3) is 0 Å². The molecule has 2 heterocycles. The van der Waals surface area contributed by atoms with Gasteiger partial charge in [0.25, 0.3) is 0 Å². The van der Waals surface area contributed by atoms with Crippen molar-refractivity contribution in [2.24, 2.45) is 5.92 Å². The van der Waals surface area contributed by atoms with Gasteiger partial charge in [0.15, 0.2) is 0 Å². The molecule has 8 heteroatoms. The minimum Gasteiger partial charge on any atom is -0.378 e. The maximum atomic E-state index is 12.9. The topological polar surface area (TPSA) is 70.7 Å². The second-order valence-electron chi connectivity index (χ2n) is 7.70. The fourth-order valence-corrected chi connectivity index (χ4v) is 3.79.